The second kappa shape index (κ2) is 5.83. The van der Waals surface area contributed by atoms with Crippen molar-refractivity contribution in [3.8, 4) is 5.75 Å². The first-order valence-corrected chi connectivity index (χ1v) is 6.54. The first-order chi connectivity index (χ1) is 9.11. The third kappa shape index (κ3) is 3.11. The predicted octanol–water partition coefficient (Wildman–Crippen LogP) is 3.70. The number of ether oxygens (including phenoxy) is 1. The van der Waals surface area contributed by atoms with Gasteiger partial charge in [-0.2, -0.15) is 0 Å². The number of aromatic nitrogens is 2. The van der Waals surface area contributed by atoms with Gasteiger partial charge in [-0.1, -0.05) is 13.8 Å². The SMILES string of the molecule is COc1ccc(C(C)C(C)c2cc(C)ccn2)nc1. The number of rotatable bonds is 4. The molecule has 0 fully saturated rings. The zero-order valence-electron chi connectivity index (χ0n) is 11.9. The van der Waals surface area contributed by atoms with E-state index < -0.39 is 0 Å². The first-order valence-electron chi connectivity index (χ1n) is 6.54. The lowest BCUT2D eigenvalue weighted by molar-refractivity contribution is 0.412. The van der Waals surface area contributed by atoms with Gasteiger partial charge in [0.1, 0.15) is 5.75 Å². The lowest BCUT2D eigenvalue weighted by Gasteiger charge is -2.19. The van der Waals surface area contributed by atoms with E-state index in [1.54, 1.807) is 13.3 Å². The first kappa shape index (κ1) is 13.5. The quantitative estimate of drug-likeness (QED) is 0.836. The van der Waals surface area contributed by atoms with E-state index in [2.05, 4.69) is 36.8 Å². The van der Waals surface area contributed by atoms with Crippen LogP contribution >= 0.6 is 0 Å². The van der Waals surface area contributed by atoms with E-state index in [1.165, 1.54) is 5.56 Å². The van der Waals surface area contributed by atoms with Crippen molar-refractivity contribution in [2.24, 2.45) is 0 Å². The average Bonchev–Trinajstić information content (AvgIpc) is 2.46. The van der Waals surface area contributed by atoms with E-state index in [9.17, 15) is 0 Å². The maximum absolute atomic E-state index is 5.13. The molecule has 0 aliphatic rings. The van der Waals surface area contributed by atoms with Crippen molar-refractivity contribution in [2.45, 2.75) is 32.6 Å². The zero-order chi connectivity index (χ0) is 13.8. The maximum Gasteiger partial charge on any atom is 0.137 e. The standard InChI is InChI=1S/C16H20N2O/c1-11-7-8-17-16(9-11)13(3)12(2)15-6-5-14(19-4)10-18-15/h5-10,12-13H,1-4H3. The molecule has 0 saturated carbocycles. The Morgan fingerprint density at radius 1 is 1.00 bits per heavy atom. The minimum absolute atomic E-state index is 0.320. The molecule has 100 valence electrons. The van der Waals surface area contributed by atoms with Crippen LogP contribution in [0, 0.1) is 6.92 Å². The molecule has 0 aliphatic heterocycles. The van der Waals surface area contributed by atoms with Crippen LogP contribution in [0.5, 0.6) is 5.75 Å². The fraction of sp³-hybridized carbons (Fsp3) is 0.375. The molecule has 0 aliphatic carbocycles. The summed E-state index contributed by atoms with van der Waals surface area (Å²) in [5, 5.41) is 0. The van der Waals surface area contributed by atoms with Crippen LogP contribution < -0.4 is 4.74 Å². The summed E-state index contributed by atoms with van der Waals surface area (Å²) in [5.74, 6) is 1.44. The van der Waals surface area contributed by atoms with Gasteiger partial charge in [-0.3, -0.25) is 9.97 Å². The summed E-state index contributed by atoms with van der Waals surface area (Å²) < 4.78 is 5.13. The van der Waals surface area contributed by atoms with Gasteiger partial charge in [-0.05, 0) is 36.8 Å². The number of hydrogen-bond acceptors (Lipinski definition) is 3. The van der Waals surface area contributed by atoms with Crippen molar-refractivity contribution in [1.82, 2.24) is 9.97 Å². The Morgan fingerprint density at radius 3 is 2.32 bits per heavy atom. The number of nitrogens with zero attached hydrogens (tertiary/aromatic N) is 2. The molecule has 19 heavy (non-hydrogen) atoms. The number of methoxy groups -OCH3 is 1. The molecule has 2 unspecified atom stereocenters. The molecule has 2 rings (SSSR count). The molecule has 3 heteroatoms. The Balaban J connectivity index is 2.20. The van der Waals surface area contributed by atoms with Crippen LogP contribution in [0.3, 0.4) is 0 Å². The Bertz CT molecular complexity index is 537. The van der Waals surface area contributed by atoms with E-state index in [1.807, 2.05) is 24.4 Å². The van der Waals surface area contributed by atoms with Crippen molar-refractivity contribution in [1.29, 1.82) is 0 Å². The summed E-state index contributed by atoms with van der Waals surface area (Å²) >= 11 is 0. The fourth-order valence-corrected chi connectivity index (χ4v) is 2.10. The second-order valence-electron chi connectivity index (χ2n) is 4.96. The largest absolute Gasteiger partial charge is 0.495 e. The maximum atomic E-state index is 5.13. The average molecular weight is 256 g/mol. The third-order valence-corrected chi connectivity index (χ3v) is 3.61. The third-order valence-electron chi connectivity index (χ3n) is 3.61. The molecular formula is C16H20N2O. The highest BCUT2D eigenvalue weighted by atomic mass is 16.5. The van der Waals surface area contributed by atoms with Crippen molar-refractivity contribution in [3.05, 3.63) is 53.6 Å². The molecule has 0 bridgehead atoms. The lowest BCUT2D eigenvalue weighted by atomic mass is 9.89. The zero-order valence-corrected chi connectivity index (χ0v) is 11.9. The van der Waals surface area contributed by atoms with Gasteiger partial charge in [0.2, 0.25) is 0 Å². The molecule has 0 radical (unpaired) electrons. The summed E-state index contributed by atoms with van der Waals surface area (Å²) in [4.78, 5) is 8.93. The van der Waals surface area contributed by atoms with Gasteiger partial charge in [-0.15, -0.1) is 0 Å². The number of pyridine rings is 2. The summed E-state index contributed by atoms with van der Waals surface area (Å²) in [6.07, 6.45) is 3.64. The van der Waals surface area contributed by atoms with Crippen LogP contribution in [0.4, 0.5) is 0 Å². The minimum atomic E-state index is 0.320. The second-order valence-corrected chi connectivity index (χ2v) is 4.96. The smallest absolute Gasteiger partial charge is 0.137 e. The van der Waals surface area contributed by atoms with Gasteiger partial charge in [0.25, 0.3) is 0 Å². The van der Waals surface area contributed by atoms with Gasteiger partial charge in [0.05, 0.1) is 13.3 Å². The molecule has 0 saturated heterocycles. The molecule has 0 amide bonds. The lowest BCUT2D eigenvalue weighted by Crippen LogP contribution is -2.08. The van der Waals surface area contributed by atoms with E-state index in [4.69, 9.17) is 4.74 Å². The van der Waals surface area contributed by atoms with Crippen LogP contribution in [-0.2, 0) is 0 Å². The van der Waals surface area contributed by atoms with Crippen molar-refractivity contribution < 1.29 is 4.74 Å². The highest BCUT2D eigenvalue weighted by molar-refractivity contribution is 5.25. The Kier molecular flexibility index (Phi) is 4.15. The Hall–Kier alpha value is -1.90. The summed E-state index contributed by atoms with van der Waals surface area (Å²) in [5.41, 5.74) is 3.42. The van der Waals surface area contributed by atoms with E-state index in [-0.39, 0.29) is 0 Å². The summed E-state index contributed by atoms with van der Waals surface area (Å²) in [7, 11) is 1.65. The highest BCUT2D eigenvalue weighted by Gasteiger charge is 2.18. The van der Waals surface area contributed by atoms with E-state index >= 15 is 0 Å². The summed E-state index contributed by atoms with van der Waals surface area (Å²) in [6, 6.07) is 8.14. The van der Waals surface area contributed by atoms with Crippen molar-refractivity contribution in [3.63, 3.8) is 0 Å². The molecular weight excluding hydrogens is 236 g/mol. The van der Waals surface area contributed by atoms with Crippen LogP contribution in [0.25, 0.3) is 0 Å². The van der Waals surface area contributed by atoms with Crippen molar-refractivity contribution >= 4 is 0 Å². The van der Waals surface area contributed by atoms with E-state index in [0.717, 1.165) is 17.1 Å². The minimum Gasteiger partial charge on any atom is -0.495 e. The fourth-order valence-electron chi connectivity index (χ4n) is 2.10. The molecule has 3 nitrogen and oxygen atoms in total. The van der Waals surface area contributed by atoms with Crippen LogP contribution in [-0.4, -0.2) is 17.1 Å². The number of hydrogen-bond donors (Lipinski definition) is 0. The molecule has 2 aromatic rings. The molecule has 2 aromatic heterocycles. The van der Waals surface area contributed by atoms with Crippen LogP contribution in [0.15, 0.2) is 36.7 Å². The van der Waals surface area contributed by atoms with Gasteiger partial charge >= 0.3 is 0 Å². The Morgan fingerprint density at radius 2 is 1.74 bits per heavy atom. The van der Waals surface area contributed by atoms with Gasteiger partial charge in [0, 0.05) is 29.4 Å². The Labute approximate surface area is 114 Å². The van der Waals surface area contributed by atoms with Crippen LogP contribution in [0.1, 0.15) is 42.6 Å². The molecule has 0 aromatic carbocycles. The normalized spacial score (nSPS) is 13.9. The molecule has 2 atom stereocenters. The van der Waals surface area contributed by atoms with Crippen molar-refractivity contribution in [2.75, 3.05) is 7.11 Å². The summed E-state index contributed by atoms with van der Waals surface area (Å²) in [6.45, 7) is 6.47. The topological polar surface area (TPSA) is 35.0 Å². The van der Waals surface area contributed by atoms with Crippen LogP contribution in [0.2, 0.25) is 0 Å². The molecule has 0 N–H and O–H groups in total. The van der Waals surface area contributed by atoms with E-state index in [0.29, 0.717) is 11.8 Å². The number of aryl methyl sites for hydroxylation is 1. The molecule has 2 heterocycles. The monoisotopic (exact) mass is 256 g/mol. The molecule has 0 spiro atoms. The van der Waals surface area contributed by atoms with Gasteiger partial charge in [0.15, 0.2) is 0 Å². The van der Waals surface area contributed by atoms with Gasteiger partial charge < -0.3 is 4.74 Å². The predicted molar refractivity (Wildman–Crippen MR) is 76.6 cm³/mol. The van der Waals surface area contributed by atoms with Gasteiger partial charge in [-0.25, -0.2) is 0 Å². The highest BCUT2D eigenvalue weighted by Crippen LogP contribution is 2.30.